The number of benzene rings is 1. The molecule has 0 unspecified atom stereocenters. The number of rotatable bonds is 4. The van der Waals surface area contributed by atoms with Gasteiger partial charge in [0.25, 0.3) is 0 Å². The Morgan fingerprint density at radius 3 is 2.79 bits per heavy atom. The van der Waals surface area contributed by atoms with E-state index in [0.29, 0.717) is 23.4 Å². The van der Waals surface area contributed by atoms with Crippen molar-refractivity contribution in [2.75, 3.05) is 12.8 Å². The largest absolute Gasteiger partial charge is 0.497 e. The Morgan fingerprint density at radius 2 is 2.21 bits per heavy atom. The van der Waals surface area contributed by atoms with E-state index >= 15 is 0 Å². The summed E-state index contributed by atoms with van der Waals surface area (Å²) in [5, 5.41) is 0. The Bertz CT molecular complexity index is 334. The van der Waals surface area contributed by atoms with Crippen LogP contribution in [0, 0.1) is 0 Å². The van der Waals surface area contributed by atoms with E-state index in [1.54, 1.807) is 25.3 Å². The van der Waals surface area contributed by atoms with Crippen molar-refractivity contribution in [3.8, 4) is 5.75 Å². The number of anilines is 1. The van der Waals surface area contributed by atoms with Gasteiger partial charge in [-0.3, -0.25) is 4.79 Å². The fraction of sp³-hybridized carbons (Fsp3) is 0.364. The molecule has 0 saturated heterocycles. The van der Waals surface area contributed by atoms with Crippen molar-refractivity contribution in [3.05, 3.63) is 23.8 Å². The average molecular weight is 193 g/mol. The first-order chi connectivity index (χ1) is 6.69. The Morgan fingerprint density at radius 1 is 1.50 bits per heavy atom. The maximum atomic E-state index is 11.6. The molecule has 0 heterocycles. The van der Waals surface area contributed by atoms with Crippen molar-refractivity contribution in [2.45, 2.75) is 19.8 Å². The average Bonchev–Trinajstić information content (AvgIpc) is 2.19. The minimum atomic E-state index is 0.0731. The van der Waals surface area contributed by atoms with Gasteiger partial charge in [-0.05, 0) is 24.6 Å². The minimum Gasteiger partial charge on any atom is -0.497 e. The molecule has 1 rings (SSSR count). The molecule has 0 amide bonds. The first-order valence-corrected chi connectivity index (χ1v) is 4.65. The van der Waals surface area contributed by atoms with Crippen LogP contribution in [0.1, 0.15) is 30.1 Å². The number of Topliss-reactive ketones (excluding diaryl/α,β-unsaturated/α-hetero) is 1. The standard InChI is InChI=1S/C11H15NO2/c1-3-4-11(13)9-7-8(14-2)5-6-10(9)12/h5-7H,3-4,12H2,1-2H3. The third-order valence-corrected chi connectivity index (χ3v) is 2.04. The van der Waals surface area contributed by atoms with Gasteiger partial charge in [-0.15, -0.1) is 0 Å². The Kier molecular flexibility index (Phi) is 3.51. The lowest BCUT2D eigenvalue weighted by Crippen LogP contribution is -2.03. The van der Waals surface area contributed by atoms with Crippen LogP contribution in [0.3, 0.4) is 0 Å². The van der Waals surface area contributed by atoms with Crippen LogP contribution in [0.4, 0.5) is 5.69 Å². The topological polar surface area (TPSA) is 52.3 Å². The van der Waals surface area contributed by atoms with Gasteiger partial charge in [-0.2, -0.15) is 0 Å². The van der Waals surface area contributed by atoms with Gasteiger partial charge in [0.05, 0.1) is 7.11 Å². The zero-order valence-corrected chi connectivity index (χ0v) is 8.54. The van der Waals surface area contributed by atoms with Crippen LogP contribution in [0.25, 0.3) is 0 Å². The van der Waals surface area contributed by atoms with E-state index in [1.807, 2.05) is 6.92 Å². The fourth-order valence-corrected chi connectivity index (χ4v) is 1.27. The molecule has 0 atom stereocenters. The van der Waals surface area contributed by atoms with Crippen LogP contribution in [-0.4, -0.2) is 12.9 Å². The summed E-state index contributed by atoms with van der Waals surface area (Å²) in [4.78, 5) is 11.6. The lowest BCUT2D eigenvalue weighted by Gasteiger charge is -2.06. The molecular weight excluding hydrogens is 178 g/mol. The van der Waals surface area contributed by atoms with E-state index in [-0.39, 0.29) is 5.78 Å². The number of ether oxygens (including phenoxy) is 1. The van der Waals surface area contributed by atoms with E-state index in [2.05, 4.69) is 0 Å². The van der Waals surface area contributed by atoms with Gasteiger partial charge in [-0.1, -0.05) is 6.92 Å². The predicted molar refractivity (Wildman–Crippen MR) is 56.6 cm³/mol. The first-order valence-electron chi connectivity index (χ1n) is 4.65. The SMILES string of the molecule is CCCC(=O)c1cc(OC)ccc1N. The highest BCUT2D eigenvalue weighted by Crippen LogP contribution is 2.21. The molecule has 0 saturated carbocycles. The molecule has 0 radical (unpaired) electrons. The van der Waals surface area contributed by atoms with Crippen molar-refractivity contribution in [2.24, 2.45) is 0 Å². The van der Waals surface area contributed by atoms with Gasteiger partial charge in [-0.25, -0.2) is 0 Å². The Balaban J connectivity index is 2.99. The zero-order valence-electron chi connectivity index (χ0n) is 8.54. The molecule has 0 aliphatic rings. The van der Waals surface area contributed by atoms with Crippen LogP contribution < -0.4 is 10.5 Å². The summed E-state index contributed by atoms with van der Waals surface area (Å²) in [6.07, 6.45) is 1.35. The lowest BCUT2D eigenvalue weighted by atomic mass is 10.0. The number of methoxy groups -OCH3 is 1. The van der Waals surface area contributed by atoms with Gasteiger partial charge in [0.1, 0.15) is 5.75 Å². The van der Waals surface area contributed by atoms with Gasteiger partial charge < -0.3 is 10.5 Å². The summed E-state index contributed by atoms with van der Waals surface area (Å²) >= 11 is 0. The highest BCUT2D eigenvalue weighted by molar-refractivity contribution is 6.01. The molecular formula is C11H15NO2. The van der Waals surface area contributed by atoms with Gasteiger partial charge in [0.15, 0.2) is 5.78 Å². The summed E-state index contributed by atoms with van der Waals surface area (Å²) in [6.45, 7) is 1.97. The molecule has 0 spiro atoms. The van der Waals surface area contributed by atoms with Crippen molar-refractivity contribution in [1.29, 1.82) is 0 Å². The van der Waals surface area contributed by atoms with E-state index in [1.165, 1.54) is 0 Å². The summed E-state index contributed by atoms with van der Waals surface area (Å²) in [5.41, 5.74) is 6.78. The number of nitrogen functional groups attached to an aromatic ring is 1. The van der Waals surface area contributed by atoms with Crippen molar-refractivity contribution < 1.29 is 9.53 Å². The summed E-state index contributed by atoms with van der Waals surface area (Å²) < 4.78 is 5.03. The highest BCUT2D eigenvalue weighted by atomic mass is 16.5. The first kappa shape index (κ1) is 10.6. The second kappa shape index (κ2) is 4.65. The van der Waals surface area contributed by atoms with Crippen LogP contribution in [-0.2, 0) is 0 Å². The molecule has 3 heteroatoms. The monoisotopic (exact) mass is 193 g/mol. The molecule has 1 aromatic carbocycles. The minimum absolute atomic E-state index is 0.0731. The predicted octanol–water partition coefficient (Wildman–Crippen LogP) is 2.26. The number of ketones is 1. The molecule has 1 aromatic rings. The number of carbonyl (C=O) groups excluding carboxylic acids is 1. The van der Waals surface area contributed by atoms with Crippen molar-refractivity contribution >= 4 is 11.5 Å². The molecule has 3 nitrogen and oxygen atoms in total. The Hall–Kier alpha value is -1.51. The molecule has 76 valence electrons. The quantitative estimate of drug-likeness (QED) is 0.589. The number of hydrogen-bond donors (Lipinski definition) is 1. The summed E-state index contributed by atoms with van der Waals surface area (Å²) in [5.74, 6) is 0.738. The van der Waals surface area contributed by atoms with Gasteiger partial charge in [0.2, 0.25) is 0 Å². The maximum absolute atomic E-state index is 11.6. The van der Waals surface area contributed by atoms with Crippen LogP contribution in [0.2, 0.25) is 0 Å². The second-order valence-electron chi connectivity index (χ2n) is 3.13. The molecule has 0 aromatic heterocycles. The normalized spacial score (nSPS) is 9.86. The smallest absolute Gasteiger partial charge is 0.165 e. The fourth-order valence-electron chi connectivity index (χ4n) is 1.27. The van der Waals surface area contributed by atoms with Crippen molar-refractivity contribution in [1.82, 2.24) is 0 Å². The lowest BCUT2D eigenvalue weighted by molar-refractivity contribution is 0.0982. The highest BCUT2D eigenvalue weighted by Gasteiger charge is 2.09. The van der Waals surface area contributed by atoms with Gasteiger partial charge >= 0.3 is 0 Å². The maximum Gasteiger partial charge on any atom is 0.165 e. The molecule has 14 heavy (non-hydrogen) atoms. The van der Waals surface area contributed by atoms with Crippen molar-refractivity contribution in [3.63, 3.8) is 0 Å². The molecule has 0 aliphatic carbocycles. The van der Waals surface area contributed by atoms with E-state index in [9.17, 15) is 4.79 Å². The van der Waals surface area contributed by atoms with Gasteiger partial charge in [0, 0.05) is 17.7 Å². The molecule has 0 fully saturated rings. The molecule has 0 bridgehead atoms. The molecule has 0 aliphatic heterocycles. The zero-order chi connectivity index (χ0) is 10.6. The number of nitrogens with two attached hydrogens (primary N) is 1. The number of carbonyl (C=O) groups is 1. The second-order valence-corrected chi connectivity index (χ2v) is 3.13. The Labute approximate surface area is 83.9 Å². The van der Waals surface area contributed by atoms with Crippen LogP contribution in [0.5, 0.6) is 5.75 Å². The number of hydrogen-bond acceptors (Lipinski definition) is 3. The van der Waals surface area contributed by atoms with E-state index in [0.717, 1.165) is 6.42 Å². The van der Waals surface area contributed by atoms with Crippen LogP contribution in [0.15, 0.2) is 18.2 Å². The van der Waals surface area contributed by atoms with Crippen LogP contribution >= 0.6 is 0 Å². The van der Waals surface area contributed by atoms with E-state index in [4.69, 9.17) is 10.5 Å². The van der Waals surface area contributed by atoms with E-state index < -0.39 is 0 Å². The third kappa shape index (κ3) is 2.25. The third-order valence-electron chi connectivity index (χ3n) is 2.04. The summed E-state index contributed by atoms with van der Waals surface area (Å²) in [7, 11) is 1.57. The summed E-state index contributed by atoms with van der Waals surface area (Å²) in [6, 6.07) is 5.13. The molecule has 2 N–H and O–H groups in total.